The van der Waals surface area contributed by atoms with Crippen molar-refractivity contribution < 1.29 is 9.59 Å². The second kappa shape index (κ2) is 8.82. The van der Waals surface area contributed by atoms with Crippen molar-refractivity contribution in [2.75, 3.05) is 11.9 Å². The predicted molar refractivity (Wildman–Crippen MR) is 95.2 cm³/mol. The molecule has 0 aliphatic rings. The molecule has 2 amide bonds. The molecule has 2 N–H and O–H groups in total. The van der Waals surface area contributed by atoms with Gasteiger partial charge in [0.15, 0.2) is 0 Å². The Kier molecular flexibility index (Phi) is 6.49. The molecule has 0 bridgehead atoms. The molecule has 24 heavy (non-hydrogen) atoms. The van der Waals surface area contributed by atoms with Gasteiger partial charge in [0.25, 0.3) is 11.8 Å². The second-order valence-corrected chi connectivity index (χ2v) is 5.71. The molecule has 0 atom stereocenters. The summed E-state index contributed by atoms with van der Waals surface area (Å²) >= 11 is 0. The number of aromatic nitrogens is 1. The molecule has 1 heterocycles. The van der Waals surface area contributed by atoms with E-state index in [0.717, 1.165) is 24.8 Å². The van der Waals surface area contributed by atoms with Gasteiger partial charge in [0.1, 0.15) is 5.69 Å². The Morgan fingerprint density at radius 3 is 2.50 bits per heavy atom. The van der Waals surface area contributed by atoms with Gasteiger partial charge >= 0.3 is 0 Å². The van der Waals surface area contributed by atoms with Crippen molar-refractivity contribution in [1.29, 1.82) is 0 Å². The van der Waals surface area contributed by atoms with Crippen molar-refractivity contribution in [3.05, 3.63) is 59.4 Å². The van der Waals surface area contributed by atoms with Gasteiger partial charge in [-0.1, -0.05) is 37.5 Å². The monoisotopic (exact) mass is 325 g/mol. The van der Waals surface area contributed by atoms with Crippen molar-refractivity contribution >= 4 is 17.5 Å². The molecule has 0 spiro atoms. The minimum absolute atomic E-state index is 0.253. The predicted octanol–water partition coefficient (Wildman–Crippen LogP) is 3.56. The molecule has 2 rings (SSSR count). The Morgan fingerprint density at radius 1 is 1.04 bits per heavy atom. The maximum atomic E-state index is 12.3. The number of rotatable bonds is 7. The third-order valence-corrected chi connectivity index (χ3v) is 3.63. The first-order valence-corrected chi connectivity index (χ1v) is 8.22. The summed E-state index contributed by atoms with van der Waals surface area (Å²) in [4.78, 5) is 28.4. The summed E-state index contributed by atoms with van der Waals surface area (Å²) in [6.45, 7) is 4.72. The lowest BCUT2D eigenvalue weighted by Gasteiger charge is -2.07. The number of anilines is 1. The highest BCUT2D eigenvalue weighted by molar-refractivity contribution is 6.05. The number of nitrogens with one attached hydrogen (secondary N) is 2. The molecule has 0 radical (unpaired) electrons. The van der Waals surface area contributed by atoms with E-state index in [1.54, 1.807) is 6.07 Å². The lowest BCUT2D eigenvalue weighted by Crippen LogP contribution is -2.25. The number of hydrogen-bond donors (Lipinski definition) is 2. The first-order valence-electron chi connectivity index (χ1n) is 8.22. The summed E-state index contributed by atoms with van der Waals surface area (Å²) in [5.41, 5.74) is 2.50. The average molecular weight is 325 g/mol. The van der Waals surface area contributed by atoms with E-state index in [4.69, 9.17) is 0 Å². The second-order valence-electron chi connectivity index (χ2n) is 5.71. The Hall–Kier alpha value is -2.69. The van der Waals surface area contributed by atoms with Gasteiger partial charge in [-0.15, -0.1) is 0 Å². The summed E-state index contributed by atoms with van der Waals surface area (Å²) in [6.07, 6.45) is 4.59. The van der Waals surface area contributed by atoms with E-state index in [2.05, 4.69) is 22.5 Å². The van der Waals surface area contributed by atoms with Crippen LogP contribution in [-0.2, 0) is 0 Å². The standard InChI is InChI=1S/C19H23N3O2/c1-3-4-5-11-21-19(24)17-13-15(10-12-20-17)18(23)22-16-8-6-14(2)7-9-16/h6-10,12-13H,3-5,11H2,1-2H3,(H,21,24)(H,22,23). The Labute approximate surface area is 142 Å². The van der Waals surface area contributed by atoms with Gasteiger partial charge in [0.2, 0.25) is 0 Å². The first-order chi connectivity index (χ1) is 11.6. The fourth-order valence-electron chi connectivity index (χ4n) is 2.20. The molecule has 5 nitrogen and oxygen atoms in total. The molecule has 1 aromatic carbocycles. The molecule has 126 valence electrons. The van der Waals surface area contributed by atoms with Crippen molar-refractivity contribution in [1.82, 2.24) is 10.3 Å². The molecule has 0 unspecified atom stereocenters. The molecule has 0 fully saturated rings. The van der Waals surface area contributed by atoms with Crippen molar-refractivity contribution in [3.63, 3.8) is 0 Å². The van der Waals surface area contributed by atoms with Crippen molar-refractivity contribution in [2.45, 2.75) is 33.1 Å². The molecule has 0 saturated carbocycles. The van der Waals surface area contributed by atoms with Crippen LogP contribution in [0.15, 0.2) is 42.6 Å². The zero-order valence-electron chi connectivity index (χ0n) is 14.1. The minimum Gasteiger partial charge on any atom is -0.351 e. The number of nitrogens with zero attached hydrogens (tertiary/aromatic N) is 1. The third kappa shape index (κ3) is 5.19. The van der Waals surface area contributed by atoms with Crippen molar-refractivity contribution in [2.24, 2.45) is 0 Å². The Bertz CT molecular complexity index is 696. The van der Waals surface area contributed by atoms with E-state index in [9.17, 15) is 9.59 Å². The van der Waals surface area contributed by atoms with Gasteiger partial charge in [-0.05, 0) is 37.6 Å². The van der Waals surface area contributed by atoms with E-state index in [0.29, 0.717) is 17.8 Å². The average Bonchev–Trinajstić information content (AvgIpc) is 2.60. The van der Waals surface area contributed by atoms with Gasteiger partial charge in [-0.3, -0.25) is 14.6 Å². The van der Waals surface area contributed by atoms with Crippen LogP contribution in [0.2, 0.25) is 0 Å². The first kappa shape index (κ1) is 17.7. The van der Waals surface area contributed by atoms with E-state index < -0.39 is 0 Å². The number of pyridine rings is 1. The summed E-state index contributed by atoms with van der Waals surface area (Å²) in [5, 5.41) is 5.64. The topological polar surface area (TPSA) is 71.1 Å². The van der Waals surface area contributed by atoms with Gasteiger partial charge in [0, 0.05) is 24.0 Å². The number of benzene rings is 1. The summed E-state index contributed by atoms with van der Waals surface area (Å²) in [5.74, 6) is -0.516. The van der Waals surface area contributed by atoms with Crippen LogP contribution in [0.5, 0.6) is 0 Å². The SMILES string of the molecule is CCCCCNC(=O)c1cc(C(=O)Nc2ccc(C)cc2)ccn1. The van der Waals surface area contributed by atoms with Crippen LogP contribution < -0.4 is 10.6 Å². The quantitative estimate of drug-likeness (QED) is 0.765. The van der Waals surface area contributed by atoms with E-state index in [-0.39, 0.29) is 17.5 Å². The van der Waals surface area contributed by atoms with Crippen LogP contribution in [0.4, 0.5) is 5.69 Å². The molecule has 2 aromatic rings. The molecule has 0 aliphatic carbocycles. The Balaban J connectivity index is 1.99. The van der Waals surface area contributed by atoms with E-state index in [1.807, 2.05) is 31.2 Å². The molecule has 5 heteroatoms. The van der Waals surface area contributed by atoms with E-state index >= 15 is 0 Å². The maximum absolute atomic E-state index is 12.3. The largest absolute Gasteiger partial charge is 0.351 e. The van der Waals surface area contributed by atoms with Crippen LogP contribution in [-0.4, -0.2) is 23.3 Å². The number of carbonyl (C=O) groups excluding carboxylic acids is 2. The highest BCUT2D eigenvalue weighted by Gasteiger charge is 2.11. The molecular weight excluding hydrogens is 302 g/mol. The Morgan fingerprint density at radius 2 is 1.79 bits per heavy atom. The van der Waals surface area contributed by atoms with Gasteiger partial charge in [0.05, 0.1) is 0 Å². The molecular formula is C19H23N3O2. The van der Waals surface area contributed by atoms with Crippen molar-refractivity contribution in [3.8, 4) is 0 Å². The summed E-state index contributed by atoms with van der Waals surface area (Å²) in [6, 6.07) is 10.6. The van der Waals surface area contributed by atoms with Gasteiger partial charge in [-0.25, -0.2) is 0 Å². The zero-order chi connectivity index (χ0) is 17.4. The molecule has 0 aliphatic heterocycles. The third-order valence-electron chi connectivity index (χ3n) is 3.63. The zero-order valence-corrected chi connectivity index (χ0v) is 14.1. The van der Waals surface area contributed by atoms with Crippen LogP contribution in [0.25, 0.3) is 0 Å². The van der Waals surface area contributed by atoms with Gasteiger partial charge < -0.3 is 10.6 Å². The smallest absolute Gasteiger partial charge is 0.269 e. The number of carbonyl (C=O) groups is 2. The molecule has 1 aromatic heterocycles. The number of aryl methyl sites for hydroxylation is 1. The normalized spacial score (nSPS) is 10.2. The highest BCUT2D eigenvalue weighted by atomic mass is 16.2. The lowest BCUT2D eigenvalue weighted by atomic mass is 10.2. The van der Waals surface area contributed by atoms with Crippen LogP contribution in [0.3, 0.4) is 0 Å². The summed E-state index contributed by atoms with van der Waals surface area (Å²) in [7, 11) is 0. The lowest BCUT2D eigenvalue weighted by molar-refractivity contribution is 0.0948. The van der Waals surface area contributed by atoms with Crippen LogP contribution in [0.1, 0.15) is 52.6 Å². The van der Waals surface area contributed by atoms with Crippen LogP contribution in [0, 0.1) is 6.92 Å². The molecule has 0 saturated heterocycles. The summed E-state index contributed by atoms with van der Waals surface area (Å²) < 4.78 is 0. The number of amides is 2. The van der Waals surface area contributed by atoms with Gasteiger partial charge in [-0.2, -0.15) is 0 Å². The fourth-order valence-corrected chi connectivity index (χ4v) is 2.20. The number of unbranched alkanes of at least 4 members (excludes halogenated alkanes) is 2. The number of hydrogen-bond acceptors (Lipinski definition) is 3. The van der Waals surface area contributed by atoms with E-state index in [1.165, 1.54) is 12.3 Å². The minimum atomic E-state index is -0.263. The highest BCUT2D eigenvalue weighted by Crippen LogP contribution is 2.11. The van der Waals surface area contributed by atoms with Crippen LogP contribution >= 0.6 is 0 Å². The maximum Gasteiger partial charge on any atom is 0.269 e. The fraction of sp³-hybridized carbons (Fsp3) is 0.316.